The highest BCUT2D eigenvalue weighted by molar-refractivity contribution is 7.61. The summed E-state index contributed by atoms with van der Waals surface area (Å²) in [6.45, 7) is 15.6. The Morgan fingerprint density at radius 1 is 0.818 bits per heavy atom. The second-order valence-corrected chi connectivity index (χ2v) is 8.65. The minimum Gasteiger partial charge on any atom is -0.258 e. The highest BCUT2D eigenvalue weighted by atomic mass is 31.2. The van der Waals surface area contributed by atoms with Crippen LogP contribution in [0.2, 0.25) is 0 Å². The fraction of sp³-hybridized carbons (Fsp3) is 0.667. The Bertz CT molecular complexity index is 435. The Balaban J connectivity index is 3.45. The largest absolute Gasteiger partial charge is 0.258 e. The maximum Gasteiger partial charge on any atom is 0.103 e. The van der Waals surface area contributed by atoms with Crippen LogP contribution in [0.3, 0.4) is 0 Å². The molecule has 0 aliphatic heterocycles. The van der Waals surface area contributed by atoms with Crippen LogP contribution >= 0.6 is 7.36 Å². The predicted octanol–water partition coefficient (Wildman–Crippen LogP) is 5.83. The van der Waals surface area contributed by atoms with Crippen LogP contribution in [-0.2, 0) is 0 Å². The Labute approximate surface area is 137 Å². The fourth-order valence-corrected chi connectivity index (χ4v) is 7.37. The number of rotatable bonds is 10. The lowest BCUT2D eigenvalue weighted by atomic mass is 10.3. The zero-order valence-electron chi connectivity index (χ0n) is 15.1. The Kier molecular flexibility index (Phi) is 9.00. The lowest BCUT2D eigenvalue weighted by Crippen LogP contribution is -2.33. The standard InChI is InChI=1S/C18H34N3P/c1-6-11-17-22(20(7-2)8-3,21(9-4)10-5)19-18-15-13-12-14-16-18/h12-16H,6-11,17H2,1-5H3. The van der Waals surface area contributed by atoms with Crippen LogP contribution in [0.5, 0.6) is 0 Å². The van der Waals surface area contributed by atoms with Crippen LogP contribution in [0, 0.1) is 0 Å². The molecule has 126 valence electrons. The number of benzene rings is 1. The minimum atomic E-state index is -1.66. The highest BCUT2D eigenvalue weighted by Crippen LogP contribution is 2.58. The Morgan fingerprint density at radius 2 is 1.32 bits per heavy atom. The molecule has 0 fully saturated rings. The van der Waals surface area contributed by atoms with E-state index in [4.69, 9.17) is 4.74 Å². The summed E-state index contributed by atoms with van der Waals surface area (Å²) in [6, 6.07) is 10.6. The average molecular weight is 323 g/mol. The van der Waals surface area contributed by atoms with Crippen molar-refractivity contribution in [1.82, 2.24) is 9.34 Å². The lowest BCUT2D eigenvalue weighted by Gasteiger charge is -2.43. The van der Waals surface area contributed by atoms with Crippen molar-refractivity contribution in [3.8, 4) is 0 Å². The molecule has 0 unspecified atom stereocenters. The molecule has 0 saturated heterocycles. The molecule has 4 heteroatoms. The summed E-state index contributed by atoms with van der Waals surface area (Å²) in [5.41, 5.74) is 1.13. The first-order valence-electron chi connectivity index (χ1n) is 8.85. The number of unbranched alkanes of at least 4 members (excludes halogenated alkanes) is 1. The van der Waals surface area contributed by atoms with Crippen molar-refractivity contribution in [1.29, 1.82) is 0 Å². The molecule has 0 heterocycles. The topological polar surface area (TPSA) is 18.8 Å². The molecule has 0 radical (unpaired) electrons. The van der Waals surface area contributed by atoms with E-state index in [-0.39, 0.29) is 0 Å². The molecule has 22 heavy (non-hydrogen) atoms. The minimum absolute atomic E-state index is 1.07. The molecule has 0 amide bonds. The van der Waals surface area contributed by atoms with Gasteiger partial charge in [0, 0.05) is 32.3 Å². The van der Waals surface area contributed by atoms with Crippen LogP contribution in [0.1, 0.15) is 47.5 Å². The smallest absolute Gasteiger partial charge is 0.103 e. The van der Waals surface area contributed by atoms with Crippen LogP contribution in [-0.4, -0.2) is 41.7 Å². The first-order chi connectivity index (χ1) is 10.7. The van der Waals surface area contributed by atoms with Crippen LogP contribution in [0.15, 0.2) is 35.1 Å². The van der Waals surface area contributed by atoms with Gasteiger partial charge in [0.25, 0.3) is 0 Å². The third-order valence-corrected chi connectivity index (χ3v) is 8.62. The quantitative estimate of drug-likeness (QED) is 0.504. The first kappa shape index (κ1) is 19.4. The van der Waals surface area contributed by atoms with E-state index in [2.05, 4.69) is 74.3 Å². The van der Waals surface area contributed by atoms with E-state index < -0.39 is 7.36 Å². The van der Waals surface area contributed by atoms with Crippen molar-refractivity contribution in [2.75, 3.05) is 32.3 Å². The van der Waals surface area contributed by atoms with Crippen molar-refractivity contribution in [2.45, 2.75) is 47.5 Å². The predicted molar refractivity (Wildman–Crippen MR) is 101 cm³/mol. The van der Waals surface area contributed by atoms with E-state index in [1.807, 2.05) is 0 Å². The van der Waals surface area contributed by atoms with Crippen molar-refractivity contribution in [3.63, 3.8) is 0 Å². The summed E-state index contributed by atoms with van der Waals surface area (Å²) in [6.07, 6.45) is 3.67. The maximum absolute atomic E-state index is 5.37. The van der Waals surface area contributed by atoms with Gasteiger partial charge in [0.1, 0.15) is 7.36 Å². The van der Waals surface area contributed by atoms with E-state index >= 15 is 0 Å². The molecule has 3 nitrogen and oxygen atoms in total. The lowest BCUT2D eigenvalue weighted by molar-refractivity contribution is 0.411. The van der Waals surface area contributed by atoms with E-state index in [0.717, 1.165) is 31.9 Å². The van der Waals surface area contributed by atoms with E-state index in [0.29, 0.717) is 0 Å². The van der Waals surface area contributed by atoms with Crippen LogP contribution < -0.4 is 0 Å². The van der Waals surface area contributed by atoms with Gasteiger partial charge in [-0.1, -0.05) is 59.2 Å². The van der Waals surface area contributed by atoms with Gasteiger partial charge in [0.15, 0.2) is 0 Å². The SMILES string of the molecule is CCCCP(=Nc1ccccc1)(N(CC)CC)N(CC)CC. The third kappa shape index (κ3) is 4.68. The Morgan fingerprint density at radius 3 is 1.73 bits per heavy atom. The normalized spacial score (nSPS) is 12.1. The molecular formula is C18H34N3P. The van der Waals surface area contributed by atoms with Gasteiger partial charge >= 0.3 is 0 Å². The third-order valence-electron chi connectivity index (χ3n) is 4.21. The second-order valence-electron chi connectivity index (χ2n) is 5.48. The van der Waals surface area contributed by atoms with Crippen molar-refractivity contribution in [2.24, 2.45) is 4.74 Å². The molecule has 0 aromatic heterocycles. The molecule has 0 saturated carbocycles. The van der Waals surface area contributed by atoms with Crippen molar-refractivity contribution >= 4 is 13.0 Å². The van der Waals surface area contributed by atoms with Crippen LogP contribution in [0.4, 0.5) is 5.69 Å². The molecule has 0 aliphatic rings. The monoisotopic (exact) mass is 323 g/mol. The van der Waals surface area contributed by atoms with E-state index in [1.54, 1.807) is 0 Å². The highest BCUT2D eigenvalue weighted by Gasteiger charge is 2.30. The molecule has 0 atom stereocenters. The summed E-state index contributed by atoms with van der Waals surface area (Å²) >= 11 is 0. The molecule has 0 spiro atoms. The number of hydrogen-bond donors (Lipinski definition) is 0. The Hall–Kier alpha value is -0.630. The summed E-state index contributed by atoms with van der Waals surface area (Å²) < 4.78 is 10.6. The zero-order valence-corrected chi connectivity index (χ0v) is 16.0. The molecule has 0 N–H and O–H groups in total. The van der Waals surface area contributed by atoms with Gasteiger partial charge in [-0.05, 0) is 18.6 Å². The molecule has 1 aromatic carbocycles. The van der Waals surface area contributed by atoms with Gasteiger partial charge in [-0.3, -0.25) is 9.34 Å². The number of nitrogens with zero attached hydrogens (tertiary/aromatic N) is 3. The fourth-order valence-electron chi connectivity index (χ4n) is 3.04. The van der Waals surface area contributed by atoms with Gasteiger partial charge in [-0.2, -0.15) is 0 Å². The van der Waals surface area contributed by atoms with E-state index in [1.165, 1.54) is 19.0 Å². The van der Waals surface area contributed by atoms with Gasteiger partial charge in [0.05, 0.1) is 5.69 Å². The summed E-state index contributed by atoms with van der Waals surface area (Å²) in [4.78, 5) is 0. The molecule has 0 bridgehead atoms. The van der Waals surface area contributed by atoms with Crippen molar-refractivity contribution in [3.05, 3.63) is 30.3 Å². The van der Waals surface area contributed by atoms with Gasteiger partial charge in [-0.15, -0.1) is 0 Å². The maximum atomic E-state index is 5.37. The molecule has 0 aliphatic carbocycles. The molecule has 1 rings (SSSR count). The number of hydrogen-bond acceptors (Lipinski definition) is 1. The van der Waals surface area contributed by atoms with Crippen molar-refractivity contribution < 1.29 is 0 Å². The molecule has 1 aromatic rings. The van der Waals surface area contributed by atoms with Gasteiger partial charge < -0.3 is 0 Å². The summed E-state index contributed by atoms with van der Waals surface area (Å²) in [5, 5.41) is 0. The zero-order chi connectivity index (χ0) is 16.4. The summed E-state index contributed by atoms with van der Waals surface area (Å²) in [5.74, 6) is 0. The van der Waals surface area contributed by atoms with E-state index in [9.17, 15) is 0 Å². The van der Waals surface area contributed by atoms with Gasteiger partial charge in [0.2, 0.25) is 0 Å². The van der Waals surface area contributed by atoms with Crippen LogP contribution in [0.25, 0.3) is 0 Å². The second kappa shape index (κ2) is 10.2. The average Bonchev–Trinajstić information content (AvgIpc) is 2.56. The first-order valence-corrected chi connectivity index (χ1v) is 10.7. The molecular weight excluding hydrogens is 289 g/mol. The summed E-state index contributed by atoms with van der Waals surface area (Å²) in [7, 11) is -1.66. The van der Waals surface area contributed by atoms with Gasteiger partial charge in [-0.25, -0.2) is 4.74 Å².